The lowest BCUT2D eigenvalue weighted by Crippen LogP contribution is -2.27. The summed E-state index contributed by atoms with van der Waals surface area (Å²) in [6.07, 6.45) is -0.0152. The van der Waals surface area contributed by atoms with Crippen molar-refractivity contribution in [3.8, 4) is 0 Å². The Balaban J connectivity index is 1.51. The van der Waals surface area contributed by atoms with E-state index in [-0.39, 0.29) is 35.6 Å². The quantitative estimate of drug-likeness (QED) is 0.497. The Labute approximate surface area is 181 Å². The van der Waals surface area contributed by atoms with E-state index in [2.05, 4.69) is 15.4 Å². The topological polar surface area (TPSA) is 104 Å². The predicted molar refractivity (Wildman–Crippen MR) is 122 cm³/mol. The molecule has 0 aliphatic rings. The van der Waals surface area contributed by atoms with Crippen molar-refractivity contribution in [3.63, 3.8) is 0 Å². The Bertz CT molecular complexity index is 1190. The van der Waals surface area contributed by atoms with Gasteiger partial charge in [-0.05, 0) is 47.2 Å². The van der Waals surface area contributed by atoms with Crippen LogP contribution in [0.4, 0.5) is 11.4 Å². The molecule has 31 heavy (non-hydrogen) atoms. The zero-order valence-corrected chi connectivity index (χ0v) is 18.2. The van der Waals surface area contributed by atoms with Crippen LogP contribution in [0.1, 0.15) is 20.3 Å². The smallest absolute Gasteiger partial charge is 0.240 e. The average molecular weight is 440 g/mol. The maximum atomic E-state index is 12.5. The zero-order chi connectivity index (χ0) is 22.4. The summed E-state index contributed by atoms with van der Waals surface area (Å²) in [4.78, 5) is 24.0. The summed E-state index contributed by atoms with van der Waals surface area (Å²) in [6.45, 7) is 3.58. The Morgan fingerprint density at radius 3 is 2.10 bits per heavy atom. The van der Waals surface area contributed by atoms with Crippen LogP contribution in [0.3, 0.4) is 0 Å². The molecule has 0 saturated carbocycles. The molecule has 0 spiro atoms. The molecule has 0 atom stereocenters. The molecular formula is C23H25N3O4S. The van der Waals surface area contributed by atoms with E-state index in [9.17, 15) is 18.0 Å². The highest BCUT2D eigenvalue weighted by Gasteiger charge is 2.15. The number of rotatable bonds is 8. The molecule has 3 aromatic carbocycles. The van der Waals surface area contributed by atoms with E-state index in [0.717, 1.165) is 10.8 Å². The lowest BCUT2D eigenvalue weighted by atomic mass is 10.1. The molecule has 0 saturated heterocycles. The fourth-order valence-corrected chi connectivity index (χ4v) is 3.93. The van der Waals surface area contributed by atoms with Gasteiger partial charge in [0, 0.05) is 30.3 Å². The highest BCUT2D eigenvalue weighted by atomic mass is 32.2. The van der Waals surface area contributed by atoms with Gasteiger partial charge in [0.05, 0.1) is 4.90 Å². The average Bonchev–Trinajstić information content (AvgIpc) is 2.74. The summed E-state index contributed by atoms with van der Waals surface area (Å²) in [5.74, 6) is -0.534. The molecule has 0 radical (unpaired) electrons. The van der Waals surface area contributed by atoms with Crippen molar-refractivity contribution >= 4 is 44.0 Å². The van der Waals surface area contributed by atoms with Crippen LogP contribution in [0, 0.1) is 5.92 Å². The summed E-state index contributed by atoms with van der Waals surface area (Å²) in [5.41, 5.74) is 1.20. The Kier molecular flexibility index (Phi) is 7.04. The van der Waals surface area contributed by atoms with E-state index in [1.54, 1.807) is 56.3 Å². The maximum Gasteiger partial charge on any atom is 0.240 e. The number of amides is 2. The second-order valence-electron chi connectivity index (χ2n) is 7.43. The second-order valence-corrected chi connectivity index (χ2v) is 9.19. The van der Waals surface area contributed by atoms with Crippen molar-refractivity contribution in [1.29, 1.82) is 0 Å². The van der Waals surface area contributed by atoms with E-state index in [4.69, 9.17) is 0 Å². The van der Waals surface area contributed by atoms with Crippen molar-refractivity contribution in [2.24, 2.45) is 5.92 Å². The zero-order valence-electron chi connectivity index (χ0n) is 17.4. The number of carbonyl (C=O) groups excluding carboxylic acids is 2. The molecule has 8 heteroatoms. The molecular weight excluding hydrogens is 414 g/mol. The van der Waals surface area contributed by atoms with Crippen molar-refractivity contribution in [1.82, 2.24) is 4.72 Å². The number of hydrogen-bond donors (Lipinski definition) is 3. The van der Waals surface area contributed by atoms with E-state index < -0.39 is 10.0 Å². The predicted octanol–water partition coefficient (Wildman–Crippen LogP) is 3.74. The first-order valence-corrected chi connectivity index (χ1v) is 11.4. The van der Waals surface area contributed by atoms with Gasteiger partial charge >= 0.3 is 0 Å². The maximum absolute atomic E-state index is 12.5. The first kappa shape index (κ1) is 22.5. The van der Waals surface area contributed by atoms with Crippen LogP contribution in [0.25, 0.3) is 10.8 Å². The molecule has 162 valence electrons. The largest absolute Gasteiger partial charge is 0.326 e. The summed E-state index contributed by atoms with van der Waals surface area (Å²) in [7, 11) is -3.71. The van der Waals surface area contributed by atoms with Crippen molar-refractivity contribution in [2.45, 2.75) is 25.2 Å². The first-order valence-electron chi connectivity index (χ1n) is 9.94. The van der Waals surface area contributed by atoms with Crippen LogP contribution in [0.2, 0.25) is 0 Å². The monoisotopic (exact) mass is 439 g/mol. The third kappa shape index (κ3) is 6.13. The Morgan fingerprint density at radius 2 is 1.45 bits per heavy atom. The van der Waals surface area contributed by atoms with Gasteiger partial charge in [-0.25, -0.2) is 13.1 Å². The third-order valence-corrected chi connectivity index (χ3v) is 6.09. The number of nitrogens with one attached hydrogen (secondary N) is 3. The van der Waals surface area contributed by atoms with Gasteiger partial charge in [-0.2, -0.15) is 0 Å². The summed E-state index contributed by atoms with van der Waals surface area (Å²) >= 11 is 0. The third-order valence-electron chi connectivity index (χ3n) is 4.64. The minimum Gasteiger partial charge on any atom is -0.326 e. The molecule has 3 rings (SSSR count). The molecule has 0 unspecified atom stereocenters. The minimum absolute atomic E-state index is 0.0152. The number of sulfonamides is 1. The van der Waals surface area contributed by atoms with Gasteiger partial charge in [0.2, 0.25) is 21.8 Å². The van der Waals surface area contributed by atoms with Gasteiger partial charge in [0.25, 0.3) is 0 Å². The lowest BCUT2D eigenvalue weighted by Gasteiger charge is -2.10. The molecule has 3 N–H and O–H groups in total. The fraction of sp³-hybridized carbons (Fsp3) is 0.217. The van der Waals surface area contributed by atoms with Crippen LogP contribution in [0.5, 0.6) is 0 Å². The van der Waals surface area contributed by atoms with Gasteiger partial charge < -0.3 is 10.6 Å². The number of fused-ring (bicyclic) bond motifs is 1. The van der Waals surface area contributed by atoms with Crippen LogP contribution in [0.15, 0.2) is 71.6 Å². The van der Waals surface area contributed by atoms with Crippen molar-refractivity contribution in [2.75, 3.05) is 17.2 Å². The molecule has 0 bridgehead atoms. The van der Waals surface area contributed by atoms with Crippen molar-refractivity contribution in [3.05, 3.63) is 66.7 Å². The fourth-order valence-electron chi connectivity index (χ4n) is 2.86. The molecule has 3 aromatic rings. The summed E-state index contributed by atoms with van der Waals surface area (Å²) in [6, 6.07) is 19.1. The summed E-state index contributed by atoms with van der Waals surface area (Å²) in [5, 5.41) is 7.26. The van der Waals surface area contributed by atoms with Crippen LogP contribution < -0.4 is 15.4 Å². The van der Waals surface area contributed by atoms with E-state index in [1.807, 2.05) is 24.3 Å². The van der Waals surface area contributed by atoms with E-state index in [0.29, 0.717) is 11.4 Å². The highest BCUT2D eigenvalue weighted by Crippen LogP contribution is 2.19. The SMILES string of the molecule is CC(C)C(=O)Nc1ccc(NC(=O)CCNS(=O)(=O)c2ccc3ccccc3c2)cc1. The normalized spacial score (nSPS) is 11.5. The molecule has 7 nitrogen and oxygen atoms in total. The minimum atomic E-state index is -3.71. The van der Waals surface area contributed by atoms with E-state index >= 15 is 0 Å². The van der Waals surface area contributed by atoms with Crippen molar-refractivity contribution < 1.29 is 18.0 Å². The molecule has 0 fully saturated rings. The molecule has 0 aliphatic heterocycles. The summed E-state index contributed by atoms with van der Waals surface area (Å²) < 4.78 is 27.5. The van der Waals surface area contributed by atoms with Crippen LogP contribution in [-0.2, 0) is 19.6 Å². The molecule has 0 aromatic heterocycles. The lowest BCUT2D eigenvalue weighted by molar-refractivity contribution is -0.119. The Hall–Kier alpha value is -3.23. The van der Waals surface area contributed by atoms with Gasteiger partial charge in [-0.3, -0.25) is 9.59 Å². The number of benzene rings is 3. The Morgan fingerprint density at radius 1 is 0.839 bits per heavy atom. The van der Waals surface area contributed by atoms with Gasteiger partial charge in [0.15, 0.2) is 0 Å². The number of anilines is 2. The molecule has 0 heterocycles. The highest BCUT2D eigenvalue weighted by molar-refractivity contribution is 7.89. The number of carbonyl (C=O) groups is 2. The number of hydrogen-bond acceptors (Lipinski definition) is 4. The standard InChI is InChI=1S/C23H25N3O4S/c1-16(2)23(28)26-20-10-8-19(9-11-20)25-22(27)13-14-24-31(29,30)21-12-7-17-5-3-4-6-18(17)15-21/h3-12,15-16,24H,13-14H2,1-2H3,(H,25,27)(H,26,28). The molecule has 0 aliphatic carbocycles. The van der Waals surface area contributed by atoms with Crippen LogP contribution in [-0.4, -0.2) is 26.8 Å². The first-order chi connectivity index (χ1) is 14.7. The van der Waals surface area contributed by atoms with Gasteiger partial charge in [0.1, 0.15) is 0 Å². The van der Waals surface area contributed by atoms with E-state index in [1.165, 1.54) is 0 Å². The van der Waals surface area contributed by atoms with Gasteiger partial charge in [-0.1, -0.05) is 44.2 Å². The van der Waals surface area contributed by atoms with Crippen LogP contribution >= 0.6 is 0 Å². The molecule has 2 amide bonds. The van der Waals surface area contributed by atoms with Gasteiger partial charge in [-0.15, -0.1) is 0 Å². The second kappa shape index (κ2) is 9.72.